The van der Waals surface area contributed by atoms with Crippen LogP contribution in [0, 0.1) is 16.2 Å². The van der Waals surface area contributed by atoms with Gasteiger partial charge >= 0.3 is 0 Å². The molecule has 0 aliphatic heterocycles. The number of allylic oxidation sites excluding steroid dienone is 1. The van der Waals surface area contributed by atoms with Crippen molar-refractivity contribution in [3.63, 3.8) is 0 Å². The standard InChI is InChI=1S/C34H66N2O2/c1-30(34(8,33(5,6)7)29-32(2,3)4)23-18-21-27-36(31(38)24-22-28-37)26-20-17-15-13-11-10-12-14-16-19-25-35-9/h28,35H,1,10-27,29H2,2-9H3. The maximum absolute atomic E-state index is 12.8. The molecule has 1 unspecified atom stereocenters. The van der Waals surface area contributed by atoms with Gasteiger partial charge in [-0.1, -0.05) is 112 Å². The molecule has 0 aliphatic rings. The molecule has 0 aliphatic carbocycles. The molecule has 0 bridgehead atoms. The minimum absolute atomic E-state index is 0.0806. The Hall–Kier alpha value is -1.16. The Morgan fingerprint density at radius 1 is 0.737 bits per heavy atom. The van der Waals surface area contributed by atoms with Gasteiger partial charge in [0, 0.05) is 25.9 Å². The van der Waals surface area contributed by atoms with E-state index in [0.717, 1.165) is 58.0 Å². The fourth-order valence-corrected chi connectivity index (χ4v) is 5.62. The fraction of sp³-hybridized carbons (Fsp3) is 0.882. The highest BCUT2D eigenvalue weighted by Crippen LogP contribution is 2.52. The van der Waals surface area contributed by atoms with Gasteiger partial charge in [-0.2, -0.15) is 0 Å². The topological polar surface area (TPSA) is 49.4 Å². The van der Waals surface area contributed by atoms with E-state index in [1.165, 1.54) is 63.4 Å². The van der Waals surface area contributed by atoms with Gasteiger partial charge < -0.3 is 15.0 Å². The lowest BCUT2D eigenvalue weighted by Crippen LogP contribution is -2.38. The Morgan fingerprint density at radius 2 is 1.21 bits per heavy atom. The Morgan fingerprint density at radius 3 is 1.66 bits per heavy atom. The van der Waals surface area contributed by atoms with Crippen LogP contribution in [-0.4, -0.2) is 43.8 Å². The highest BCUT2D eigenvalue weighted by atomic mass is 16.2. The molecule has 0 saturated heterocycles. The molecule has 1 amide bonds. The predicted octanol–water partition coefficient (Wildman–Crippen LogP) is 9.13. The van der Waals surface area contributed by atoms with Crippen molar-refractivity contribution >= 4 is 12.2 Å². The SMILES string of the molecule is C=C(CCCCN(CCCCCCCCCCCCNC)C(=O)CCC=O)C(C)(CC(C)(C)C)C(C)(C)C. The van der Waals surface area contributed by atoms with E-state index in [1.807, 2.05) is 11.9 Å². The number of unbranched alkanes of at least 4 members (excludes halogenated alkanes) is 10. The summed E-state index contributed by atoms with van der Waals surface area (Å²) < 4.78 is 0. The largest absolute Gasteiger partial charge is 0.343 e. The number of amides is 1. The summed E-state index contributed by atoms with van der Waals surface area (Å²) >= 11 is 0. The molecule has 0 aromatic rings. The van der Waals surface area contributed by atoms with Crippen LogP contribution in [0.2, 0.25) is 0 Å². The number of hydrogen-bond donors (Lipinski definition) is 1. The van der Waals surface area contributed by atoms with Crippen LogP contribution in [0.4, 0.5) is 0 Å². The van der Waals surface area contributed by atoms with Crippen LogP contribution in [0.5, 0.6) is 0 Å². The number of carbonyl (C=O) groups is 2. The van der Waals surface area contributed by atoms with Gasteiger partial charge in [-0.25, -0.2) is 0 Å². The molecule has 0 radical (unpaired) electrons. The molecule has 4 nitrogen and oxygen atoms in total. The second-order valence-corrected chi connectivity index (χ2v) is 14.1. The Bertz CT molecular complexity index is 644. The summed E-state index contributed by atoms with van der Waals surface area (Å²) in [5.41, 5.74) is 1.83. The summed E-state index contributed by atoms with van der Waals surface area (Å²) in [4.78, 5) is 25.6. The number of nitrogens with one attached hydrogen (secondary N) is 1. The van der Waals surface area contributed by atoms with Gasteiger partial charge in [-0.15, -0.1) is 0 Å². The van der Waals surface area contributed by atoms with Gasteiger partial charge in [0.15, 0.2) is 0 Å². The quantitative estimate of drug-likeness (QED) is 0.0807. The second kappa shape index (κ2) is 19.8. The van der Waals surface area contributed by atoms with Gasteiger partial charge in [0.1, 0.15) is 6.29 Å². The van der Waals surface area contributed by atoms with E-state index in [-0.39, 0.29) is 22.2 Å². The third-order valence-corrected chi connectivity index (χ3v) is 8.41. The molecule has 1 atom stereocenters. The molecule has 0 heterocycles. The number of rotatable bonds is 23. The molecule has 0 fully saturated rings. The lowest BCUT2D eigenvalue weighted by Gasteiger charge is -2.47. The summed E-state index contributed by atoms with van der Waals surface area (Å²) in [6, 6.07) is 0. The predicted molar refractivity (Wildman–Crippen MR) is 167 cm³/mol. The van der Waals surface area contributed by atoms with Crippen LogP contribution in [0.1, 0.15) is 151 Å². The minimum atomic E-state index is 0.0806. The molecule has 1 N–H and O–H groups in total. The van der Waals surface area contributed by atoms with Gasteiger partial charge in [-0.3, -0.25) is 4.79 Å². The zero-order valence-electron chi connectivity index (χ0n) is 27.0. The van der Waals surface area contributed by atoms with E-state index in [2.05, 4.69) is 60.4 Å². The molecular weight excluding hydrogens is 468 g/mol. The van der Waals surface area contributed by atoms with Gasteiger partial charge in [-0.05, 0) is 68.4 Å². The van der Waals surface area contributed by atoms with E-state index in [1.54, 1.807) is 0 Å². The van der Waals surface area contributed by atoms with E-state index < -0.39 is 0 Å². The van der Waals surface area contributed by atoms with Crippen molar-refractivity contribution in [2.24, 2.45) is 16.2 Å². The molecule has 0 spiro atoms. The average Bonchev–Trinajstić information content (AvgIpc) is 2.82. The molecule has 0 aromatic carbocycles. The first-order chi connectivity index (χ1) is 17.8. The van der Waals surface area contributed by atoms with E-state index in [9.17, 15) is 9.59 Å². The summed E-state index contributed by atoms with van der Waals surface area (Å²) in [6.45, 7) is 23.7. The molecule has 0 saturated carbocycles. The van der Waals surface area contributed by atoms with E-state index in [4.69, 9.17) is 0 Å². The Balaban J connectivity index is 4.49. The minimum Gasteiger partial charge on any atom is -0.343 e. The molecular formula is C34H66N2O2. The zero-order valence-corrected chi connectivity index (χ0v) is 27.0. The molecule has 4 heteroatoms. The maximum atomic E-state index is 12.8. The second-order valence-electron chi connectivity index (χ2n) is 14.1. The van der Waals surface area contributed by atoms with Crippen molar-refractivity contribution in [2.75, 3.05) is 26.7 Å². The zero-order chi connectivity index (χ0) is 29.1. The number of carbonyl (C=O) groups excluding carboxylic acids is 2. The summed E-state index contributed by atoms with van der Waals surface area (Å²) in [5.74, 6) is 0.140. The van der Waals surface area contributed by atoms with Crippen molar-refractivity contribution in [3.05, 3.63) is 12.2 Å². The van der Waals surface area contributed by atoms with Crippen LogP contribution < -0.4 is 5.32 Å². The molecule has 224 valence electrons. The summed E-state index contributed by atoms with van der Waals surface area (Å²) in [6.07, 6.45) is 18.6. The third kappa shape index (κ3) is 16.7. The average molecular weight is 535 g/mol. The lowest BCUT2D eigenvalue weighted by molar-refractivity contribution is -0.132. The van der Waals surface area contributed by atoms with Crippen molar-refractivity contribution in [2.45, 2.75) is 151 Å². The third-order valence-electron chi connectivity index (χ3n) is 8.41. The number of nitrogens with zero attached hydrogens (tertiary/aromatic N) is 1. The first-order valence-corrected chi connectivity index (χ1v) is 15.8. The number of hydrogen-bond acceptors (Lipinski definition) is 3. The van der Waals surface area contributed by atoms with Gasteiger partial charge in [0.25, 0.3) is 0 Å². The Kier molecular flexibility index (Phi) is 19.2. The monoisotopic (exact) mass is 535 g/mol. The van der Waals surface area contributed by atoms with Crippen LogP contribution in [0.3, 0.4) is 0 Å². The van der Waals surface area contributed by atoms with Gasteiger partial charge in [0.05, 0.1) is 0 Å². The molecule has 0 rings (SSSR count). The maximum Gasteiger partial charge on any atom is 0.222 e. The highest BCUT2D eigenvalue weighted by Gasteiger charge is 2.41. The van der Waals surface area contributed by atoms with Crippen LogP contribution >= 0.6 is 0 Å². The Labute approximate surface area is 238 Å². The van der Waals surface area contributed by atoms with Crippen LogP contribution in [-0.2, 0) is 9.59 Å². The van der Waals surface area contributed by atoms with Gasteiger partial charge in [0.2, 0.25) is 5.91 Å². The lowest BCUT2D eigenvalue weighted by atomic mass is 9.57. The summed E-state index contributed by atoms with van der Waals surface area (Å²) in [7, 11) is 2.02. The summed E-state index contributed by atoms with van der Waals surface area (Å²) in [5, 5.41) is 3.21. The normalized spacial score (nSPS) is 13.8. The highest BCUT2D eigenvalue weighted by molar-refractivity contribution is 5.78. The molecule has 38 heavy (non-hydrogen) atoms. The number of aldehydes is 1. The first kappa shape index (κ1) is 36.8. The van der Waals surface area contributed by atoms with Crippen LogP contribution in [0.25, 0.3) is 0 Å². The molecule has 0 aromatic heterocycles. The van der Waals surface area contributed by atoms with E-state index in [0.29, 0.717) is 12.8 Å². The first-order valence-electron chi connectivity index (χ1n) is 15.8. The smallest absolute Gasteiger partial charge is 0.222 e. The van der Waals surface area contributed by atoms with Crippen molar-refractivity contribution in [1.29, 1.82) is 0 Å². The van der Waals surface area contributed by atoms with Crippen LogP contribution in [0.15, 0.2) is 12.2 Å². The van der Waals surface area contributed by atoms with E-state index >= 15 is 0 Å². The van der Waals surface area contributed by atoms with Crippen molar-refractivity contribution in [1.82, 2.24) is 10.2 Å². The fourth-order valence-electron chi connectivity index (χ4n) is 5.62. The van der Waals surface area contributed by atoms with Crippen molar-refractivity contribution < 1.29 is 9.59 Å². The van der Waals surface area contributed by atoms with Crippen molar-refractivity contribution in [3.8, 4) is 0 Å².